The molecule has 0 unspecified atom stereocenters. The fourth-order valence-electron chi connectivity index (χ4n) is 3.64. The van der Waals surface area contributed by atoms with Crippen molar-refractivity contribution in [3.63, 3.8) is 0 Å². The van der Waals surface area contributed by atoms with Crippen LogP contribution in [-0.2, 0) is 22.6 Å². The number of carbonyl (C=O) groups is 1. The molecule has 1 N–H and O–H groups in total. The van der Waals surface area contributed by atoms with E-state index in [1.807, 2.05) is 6.07 Å². The molecule has 0 saturated heterocycles. The van der Waals surface area contributed by atoms with Gasteiger partial charge < -0.3 is 4.90 Å². The Labute approximate surface area is 183 Å². The van der Waals surface area contributed by atoms with E-state index in [2.05, 4.69) is 4.72 Å². The molecule has 1 heterocycles. The monoisotopic (exact) mass is 460 g/mol. The molecule has 4 rings (SSSR count). The van der Waals surface area contributed by atoms with E-state index in [1.54, 1.807) is 47.4 Å². The van der Waals surface area contributed by atoms with Crippen molar-refractivity contribution < 1.29 is 26.4 Å². The summed E-state index contributed by atoms with van der Waals surface area (Å²) in [5, 5.41) is 0. The smallest absolute Gasteiger partial charge is 0.308 e. The number of sulfonamides is 1. The largest absolute Gasteiger partial charge is 0.416 e. The van der Waals surface area contributed by atoms with Gasteiger partial charge in [-0.05, 0) is 60.9 Å². The molecule has 1 amide bonds. The zero-order valence-electron chi connectivity index (χ0n) is 16.8. The first-order chi connectivity index (χ1) is 15.1. The number of nitrogens with zero attached hydrogens (tertiary/aromatic N) is 1. The van der Waals surface area contributed by atoms with Crippen LogP contribution < -0.4 is 9.62 Å². The summed E-state index contributed by atoms with van der Waals surface area (Å²) in [7, 11) is -4.27. The first kappa shape index (κ1) is 21.9. The normalized spacial score (nSPS) is 14.0. The third kappa shape index (κ3) is 4.47. The molecule has 32 heavy (non-hydrogen) atoms. The van der Waals surface area contributed by atoms with E-state index in [4.69, 9.17) is 0 Å². The molecule has 0 spiro atoms. The highest BCUT2D eigenvalue weighted by Gasteiger charge is 2.32. The van der Waals surface area contributed by atoms with Crippen LogP contribution >= 0.6 is 0 Å². The number of fused-ring (bicyclic) bond motifs is 1. The number of amides is 1. The molecule has 3 aromatic carbocycles. The van der Waals surface area contributed by atoms with Gasteiger partial charge in [0, 0.05) is 17.8 Å². The molecule has 3 aromatic rings. The van der Waals surface area contributed by atoms with Crippen molar-refractivity contribution in [1.29, 1.82) is 0 Å². The number of halogens is 3. The Morgan fingerprint density at radius 1 is 0.938 bits per heavy atom. The number of hydrogen-bond donors (Lipinski definition) is 1. The van der Waals surface area contributed by atoms with Crippen LogP contribution in [0.1, 0.15) is 27.9 Å². The number of benzene rings is 3. The van der Waals surface area contributed by atoms with E-state index < -0.39 is 26.7 Å². The lowest BCUT2D eigenvalue weighted by Crippen LogP contribution is -2.35. The molecule has 9 heteroatoms. The summed E-state index contributed by atoms with van der Waals surface area (Å²) in [5.41, 5.74) is 1.09. The molecule has 0 atom stereocenters. The maximum atomic E-state index is 13.0. The summed E-state index contributed by atoms with van der Waals surface area (Å²) < 4.78 is 66.7. The number of hydrogen-bond acceptors (Lipinski definition) is 3. The maximum Gasteiger partial charge on any atom is 0.416 e. The minimum Gasteiger partial charge on any atom is -0.308 e. The summed E-state index contributed by atoms with van der Waals surface area (Å²) >= 11 is 0. The number of rotatable bonds is 4. The quantitative estimate of drug-likeness (QED) is 0.589. The van der Waals surface area contributed by atoms with E-state index in [9.17, 15) is 26.4 Å². The van der Waals surface area contributed by atoms with Crippen LogP contribution in [0.25, 0.3) is 0 Å². The standard InChI is InChI=1S/C23H19F3N2O3S/c24-23(25,26)18-9-4-10-20(14-18)32(30,31)27-19-12-11-16-8-5-13-28(21(16)15-19)22(29)17-6-2-1-3-7-17/h1-4,6-7,9-12,14-15,27H,5,8,13H2. The van der Waals surface area contributed by atoms with Crippen molar-refractivity contribution in [2.24, 2.45) is 0 Å². The van der Waals surface area contributed by atoms with Gasteiger partial charge in [-0.1, -0.05) is 30.3 Å². The first-order valence-corrected chi connectivity index (χ1v) is 11.3. The predicted octanol–water partition coefficient (Wildman–Crippen LogP) is 5.10. The van der Waals surface area contributed by atoms with Gasteiger partial charge in [-0.3, -0.25) is 9.52 Å². The van der Waals surface area contributed by atoms with E-state index >= 15 is 0 Å². The van der Waals surface area contributed by atoms with Crippen LogP contribution in [0.15, 0.2) is 77.7 Å². The van der Waals surface area contributed by atoms with Crippen LogP contribution in [0.2, 0.25) is 0 Å². The van der Waals surface area contributed by atoms with Gasteiger partial charge in [0.1, 0.15) is 0 Å². The molecule has 0 radical (unpaired) electrons. The Morgan fingerprint density at radius 2 is 1.69 bits per heavy atom. The van der Waals surface area contributed by atoms with Gasteiger partial charge in [0.25, 0.3) is 15.9 Å². The van der Waals surface area contributed by atoms with Gasteiger partial charge >= 0.3 is 6.18 Å². The minimum absolute atomic E-state index is 0.161. The number of alkyl halides is 3. The van der Waals surface area contributed by atoms with Crippen LogP contribution in [0, 0.1) is 0 Å². The second-order valence-corrected chi connectivity index (χ2v) is 9.08. The number of nitrogens with one attached hydrogen (secondary N) is 1. The van der Waals surface area contributed by atoms with E-state index in [1.165, 1.54) is 0 Å². The number of aryl methyl sites for hydroxylation is 1. The van der Waals surface area contributed by atoms with Gasteiger partial charge in [0.05, 0.1) is 16.1 Å². The maximum absolute atomic E-state index is 13.0. The molecule has 5 nitrogen and oxygen atoms in total. The van der Waals surface area contributed by atoms with Gasteiger partial charge in [-0.25, -0.2) is 8.42 Å². The lowest BCUT2D eigenvalue weighted by atomic mass is 10.00. The van der Waals surface area contributed by atoms with Gasteiger partial charge in [0.15, 0.2) is 0 Å². The van der Waals surface area contributed by atoms with Crippen LogP contribution in [0.3, 0.4) is 0 Å². The Bertz CT molecular complexity index is 1260. The van der Waals surface area contributed by atoms with Crippen molar-refractivity contribution >= 4 is 27.3 Å². The number of carbonyl (C=O) groups excluding carboxylic acids is 1. The summed E-state index contributed by atoms with van der Waals surface area (Å²) in [6.07, 6.45) is -3.16. The van der Waals surface area contributed by atoms with Crippen LogP contribution in [0.4, 0.5) is 24.5 Å². The zero-order chi connectivity index (χ0) is 22.9. The summed E-state index contributed by atoms with van der Waals surface area (Å²) in [4.78, 5) is 14.1. The lowest BCUT2D eigenvalue weighted by Gasteiger charge is -2.30. The third-order valence-electron chi connectivity index (χ3n) is 5.19. The van der Waals surface area contributed by atoms with Crippen LogP contribution in [0.5, 0.6) is 0 Å². The summed E-state index contributed by atoms with van der Waals surface area (Å²) in [6, 6.07) is 17.1. The zero-order valence-corrected chi connectivity index (χ0v) is 17.6. The van der Waals surface area contributed by atoms with Crippen molar-refractivity contribution in [1.82, 2.24) is 0 Å². The molecule has 1 aliphatic heterocycles. The minimum atomic E-state index is -4.66. The van der Waals surface area contributed by atoms with Crippen molar-refractivity contribution in [2.45, 2.75) is 23.9 Å². The molecule has 1 aliphatic rings. The molecule has 0 bridgehead atoms. The van der Waals surface area contributed by atoms with E-state index in [0.717, 1.165) is 36.6 Å². The molecule has 0 fully saturated rings. The molecule has 0 saturated carbocycles. The Balaban J connectivity index is 1.65. The average Bonchev–Trinajstić information content (AvgIpc) is 2.78. The summed E-state index contributed by atoms with van der Waals surface area (Å²) in [5.74, 6) is -0.204. The Morgan fingerprint density at radius 3 is 2.41 bits per heavy atom. The second kappa shape index (κ2) is 8.31. The molecule has 0 aliphatic carbocycles. The van der Waals surface area contributed by atoms with Gasteiger partial charge in [-0.15, -0.1) is 0 Å². The third-order valence-corrected chi connectivity index (χ3v) is 6.57. The van der Waals surface area contributed by atoms with Crippen molar-refractivity contribution in [3.05, 3.63) is 89.5 Å². The Hall–Kier alpha value is -3.33. The second-order valence-electron chi connectivity index (χ2n) is 7.40. The predicted molar refractivity (Wildman–Crippen MR) is 115 cm³/mol. The van der Waals surface area contributed by atoms with Crippen LogP contribution in [-0.4, -0.2) is 20.9 Å². The first-order valence-electron chi connectivity index (χ1n) is 9.85. The van der Waals surface area contributed by atoms with Gasteiger partial charge in [0.2, 0.25) is 0 Å². The fraction of sp³-hybridized carbons (Fsp3) is 0.174. The average molecular weight is 460 g/mol. The SMILES string of the molecule is O=C(c1ccccc1)N1CCCc2ccc(NS(=O)(=O)c3cccc(C(F)(F)F)c3)cc21. The molecule has 0 aromatic heterocycles. The van der Waals surface area contributed by atoms with E-state index in [0.29, 0.717) is 23.9 Å². The molecular formula is C23H19F3N2O3S. The summed E-state index contributed by atoms with van der Waals surface area (Å²) in [6.45, 7) is 0.477. The van der Waals surface area contributed by atoms with E-state index in [-0.39, 0.29) is 11.6 Å². The van der Waals surface area contributed by atoms with Gasteiger partial charge in [-0.2, -0.15) is 13.2 Å². The van der Waals surface area contributed by atoms with Crippen molar-refractivity contribution in [3.8, 4) is 0 Å². The van der Waals surface area contributed by atoms with Crippen molar-refractivity contribution in [2.75, 3.05) is 16.2 Å². The fourth-order valence-corrected chi connectivity index (χ4v) is 4.73. The molecule has 166 valence electrons. The molecular weight excluding hydrogens is 441 g/mol. The number of anilines is 2. The Kier molecular flexibility index (Phi) is 5.68. The highest BCUT2D eigenvalue weighted by molar-refractivity contribution is 7.92. The highest BCUT2D eigenvalue weighted by atomic mass is 32.2. The topological polar surface area (TPSA) is 66.5 Å². The highest BCUT2D eigenvalue weighted by Crippen LogP contribution is 2.33. The lowest BCUT2D eigenvalue weighted by molar-refractivity contribution is -0.137.